The van der Waals surface area contributed by atoms with Crippen LogP contribution in [0.1, 0.15) is 25.7 Å². The van der Waals surface area contributed by atoms with Gasteiger partial charge in [0.1, 0.15) is 5.82 Å². The van der Waals surface area contributed by atoms with Gasteiger partial charge in [-0.3, -0.25) is 4.40 Å². The smallest absolute Gasteiger partial charge is 0.180 e. The Bertz CT molecular complexity index is 1040. The van der Waals surface area contributed by atoms with Crippen molar-refractivity contribution in [2.75, 3.05) is 22.9 Å². The van der Waals surface area contributed by atoms with Gasteiger partial charge in [-0.05, 0) is 43.2 Å². The zero-order chi connectivity index (χ0) is 20.3. The second-order valence-corrected chi connectivity index (χ2v) is 9.02. The minimum atomic E-state index is 0.334. The van der Waals surface area contributed by atoms with E-state index in [4.69, 9.17) is 10.7 Å². The number of aromatic nitrogens is 4. The predicted molar refractivity (Wildman–Crippen MR) is 124 cm³/mol. The number of thioether (sulfide) groups is 1. The highest BCUT2D eigenvalue weighted by atomic mass is 32.2. The van der Waals surface area contributed by atoms with Gasteiger partial charge in [0.25, 0.3) is 0 Å². The van der Waals surface area contributed by atoms with Crippen LogP contribution in [0, 0.1) is 5.92 Å². The molecule has 1 fully saturated rings. The summed E-state index contributed by atoms with van der Waals surface area (Å²) in [6.07, 6.45) is 12.2. The summed E-state index contributed by atoms with van der Waals surface area (Å²) in [6.45, 7) is 0.899. The maximum absolute atomic E-state index is 6.04. The Labute approximate surface area is 180 Å². The molecular formula is C22H27N7S. The maximum Gasteiger partial charge on any atom is 0.180 e. The highest BCUT2D eigenvalue weighted by molar-refractivity contribution is 8.02. The minimum absolute atomic E-state index is 0.334. The number of pyridine rings is 1. The molecule has 1 saturated carbocycles. The van der Waals surface area contributed by atoms with E-state index in [1.165, 1.54) is 0 Å². The van der Waals surface area contributed by atoms with Crippen LogP contribution in [0.2, 0.25) is 0 Å². The molecule has 4 heterocycles. The van der Waals surface area contributed by atoms with E-state index in [0.29, 0.717) is 18.0 Å². The summed E-state index contributed by atoms with van der Waals surface area (Å²) in [6, 6.07) is 6.81. The summed E-state index contributed by atoms with van der Waals surface area (Å²) in [4.78, 5) is 14.0. The van der Waals surface area contributed by atoms with Crippen LogP contribution in [-0.2, 0) is 0 Å². The average Bonchev–Trinajstić information content (AvgIpc) is 3.44. The zero-order valence-electron chi connectivity index (χ0n) is 16.9. The van der Waals surface area contributed by atoms with E-state index >= 15 is 0 Å². The largest absolute Gasteiger partial charge is 0.369 e. The number of nitrogens with two attached hydrogens (primary N) is 1. The van der Waals surface area contributed by atoms with Gasteiger partial charge in [-0.2, -0.15) is 0 Å². The van der Waals surface area contributed by atoms with Crippen molar-refractivity contribution in [3.05, 3.63) is 48.3 Å². The third-order valence-corrected chi connectivity index (χ3v) is 6.83. The molecule has 5 rings (SSSR count). The maximum atomic E-state index is 6.04. The standard InChI is InChI=1S/C22H27N7S/c23-16-4-6-17(7-5-16)27-21-22-26-13-19(29(22)10-9-24-21)18-2-1-3-20(28-18)25-12-15-8-11-30-14-15/h1-3,8-11,13,15-17H,4-7,12,14,23H2,(H,24,27)(H,25,28). The van der Waals surface area contributed by atoms with E-state index in [1.54, 1.807) is 0 Å². The average molecular weight is 422 g/mol. The molecule has 1 atom stereocenters. The lowest BCUT2D eigenvalue weighted by Crippen LogP contribution is -2.33. The van der Waals surface area contributed by atoms with Crippen molar-refractivity contribution in [2.45, 2.75) is 37.8 Å². The van der Waals surface area contributed by atoms with Crippen molar-refractivity contribution in [1.29, 1.82) is 0 Å². The number of hydrogen-bond donors (Lipinski definition) is 3. The van der Waals surface area contributed by atoms with Crippen LogP contribution in [-0.4, -0.2) is 43.7 Å². The second kappa shape index (κ2) is 8.65. The Morgan fingerprint density at radius 3 is 2.90 bits per heavy atom. The van der Waals surface area contributed by atoms with Crippen molar-refractivity contribution in [3.63, 3.8) is 0 Å². The highest BCUT2D eigenvalue weighted by Crippen LogP contribution is 2.26. The van der Waals surface area contributed by atoms with Gasteiger partial charge in [-0.15, -0.1) is 11.8 Å². The van der Waals surface area contributed by atoms with Crippen LogP contribution in [0.3, 0.4) is 0 Å². The fourth-order valence-electron chi connectivity index (χ4n) is 4.11. The molecule has 0 spiro atoms. The van der Waals surface area contributed by atoms with Gasteiger partial charge in [-0.25, -0.2) is 15.0 Å². The predicted octanol–water partition coefficient (Wildman–Crippen LogP) is 3.76. The molecule has 30 heavy (non-hydrogen) atoms. The Hall–Kier alpha value is -2.58. The van der Waals surface area contributed by atoms with Crippen LogP contribution in [0.5, 0.6) is 0 Å². The van der Waals surface area contributed by atoms with Gasteiger partial charge >= 0.3 is 0 Å². The SMILES string of the molecule is NC1CCC(Nc2nccn3c(-c4cccc(NCC5C=CSC5)n4)cnc23)CC1. The lowest BCUT2D eigenvalue weighted by Gasteiger charge is -2.27. The van der Waals surface area contributed by atoms with Gasteiger partial charge in [0, 0.05) is 42.7 Å². The lowest BCUT2D eigenvalue weighted by atomic mass is 9.92. The van der Waals surface area contributed by atoms with Crippen LogP contribution < -0.4 is 16.4 Å². The summed E-state index contributed by atoms with van der Waals surface area (Å²) in [5, 5.41) is 9.22. The van der Waals surface area contributed by atoms with Crippen LogP contribution in [0.4, 0.5) is 11.6 Å². The number of imidazole rings is 1. The summed E-state index contributed by atoms with van der Waals surface area (Å²) in [5.41, 5.74) is 8.72. The van der Waals surface area contributed by atoms with Crippen molar-refractivity contribution in [2.24, 2.45) is 11.7 Å². The first kappa shape index (κ1) is 19.4. The lowest BCUT2D eigenvalue weighted by molar-refractivity contribution is 0.410. The number of fused-ring (bicyclic) bond motifs is 1. The van der Waals surface area contributed by atoms with Crippen LogP contribution >= 0.6 is 11.8 Å². The van der Waals surface area contributed by atoms with E-state index in [2.05, 4.69) is 36.5 Å². The topological polar surface area (TPSA) is 93.2 Å². The van der Waals surface area contributed by atoms with Crippen LogP contribution in [0.25, 0.3) is 17.0 Å². The fraction of sp³-hybridized carbons (Fsp3) is 0.409. The van der Waals surface area contributed by atoms with Crippen molar-refractivity contribution < 1.29 is 0 Å². The zero-order valence-corrected chi connectivity index (χ0v) is 17.7. The van der Waals surface area contributed by atoms with Gasteiger partial charge in [-0.1, -0.05) is 12.1 Å². The summed E-state index contributed by atoms with van der Waals surface area (Å²) in [7, 11) is 0. The molecule has 0 bridgehead atoms. The first-order valence-electron chi connectivity index (χ1n) is 10.6. The molecule has 0 radical (unpaired) electrons. The third kappa shape index (κ3) is 4.15. The van der Waals surface area contributed by atoms with Gasteiger partial charge in [0.05, 0.1) is 17.6 Å². The quantitative estimate of drug-likeness (QED) is 0.558. The number of nitrogens with zero attached hydrogens (tertiary/aromatic N) is 4. The van der Waals surface area contributed by atoms with Crippen molar-refractivity contribution in [3.8, 4) is 11.4 Å². The molecule has 4 N–H and O–H groups in total. The Balaban J connectivity index is 1.36. The molecule has 156 valence electrons. The first-order chi connectivity index (χ1) is 14.8. The molecule has 2 aliphatic rings. The fourth-order valence-corrected chi connectivity index (χ4v) is 5.03. The van der Waals surface area contributed by atoms with Crippen molar-refractivity contribution >= 4 is 29.0 Å². The van der Waals surface area contributed by atoms with Gasteiger partial charge < -0.3 is 16.4 Å². The van der Waals surface area contributed by atoms with Gasteiger partial charge in [0.2, 0.25) is 0 Å². The van der Waals surface area contributed by atoms with E-state index in [9.17, 15) is 0 Å². The van der Waals surface area contributed by atoms with E-state index < -0.39 is 0 Å². The second-order valence-electron chi connectivity index (χ2n) is 8.08. The van der Waals surface area contributed by atoms with E-state index in [-0.39, 0.29) is 0 Å². The molecule has 0 amide bonds. The monoisotopic (exact) mass is 421 g/mol. The Morgan fingerprint density at radius 1 is 1.17 bits per heavy atom. The highest BCUT2D eigenvalue weighted by Gasteiger charge is 2.20. The van der Waals surface area contributed by atoms with Crippen LogP contribution in [0.15, 0.2) is 48.3 Å². The number of anilines is 2. The van der Waals surface area contributed by atoms with E-state index in [1.807, 2.05) is 48.6 Å². The summed E-state index contributed by atoms with van der Waals surface area (Å²) >= 11 is 1.86. The first-order valence-corrected chi connectivity index (χ1v) is 11.6. The third-order valence-electron chi connectivity index (χ3n) is 5.85. The Kier molecular flexibility index (Phi) is 5.59. The molecule has 8 heteroatoms. The number of nitrogens with one attached hydrogen (secondary N) is 2. The molecular weight excluding hydrogens is 394 g/mol. The minimum Gasteiger partial charge on any atom is -0.369 e. The number of rotatable bonds is 6. The molecule has 1 unspecified atom stereocenters. The summed E-state index contributed by atoms with van der Waals surface area (Å²) < 4.78 is 2.06. The van der Waals surface area contributed by atoms with Crippen molar-refractivity contribution in [1.82, 2.24) is 19.4 Å². The molecule has 0 saturated heterocycles. The molecule has 0 aromatic carbocycles. The van der Waals surface area contributed by atoms with Gasteiger partial charge in [0.15, 0.2) is 11.5 Å². The molecule has 1 aliphatic carbocycles. The van der Waals surface area contributed by atoms with E-state index in [0.717, 1.165) is 66.7 Å². The molecule has 3 aromatic rings. The normalized spacial score (nSPS) is 23.7. The summed E-state index contributed by atoms with van der Waals surface area (Å²) in [5.74, 6) is 3.41. The molecule has 7 nitrogen and oxygen atoms in total. The molecule has 1 aliphatic heterocycles. The molecule has 3 aromatic heterocycles. The number of hydrogen-bond acceptors (Lipinski definition) is 7. The Morgan fingerprint density at radius 2 is 2.07 bits per heavy atom.